The van der Waals surface area contributed by atoms with E-state index in [9.17, 15) is 14.4 Å². The van der Waals surface area contributed by atoms with Crippen molar-refractivity contribution in [2.24, 2.45) is 0 Å². The summed E-state index contributed by atoms with van der Waals surface area (Å²) in [7, 11) is 0. The summed E-state index contributed by atoms with van der Waals surface area (Å²) < 4.78 is 0.692. The highest BCUT2D eigenvalue weighted by molar-refractivity contribution is 9.10. The number of hydrogen-bond donors (Lipinski definition) is 2. The van der Waals surface area contributed by atoms with Crippen molar-refractivity contribution in [3.63, 3.8) is 0 Å². The molecule has 0 spiro atoms. The SMILES string of the molecule is CC(C(=O)NC1CC1)N1CCN(C(=O)c2ccccc2NC(=O)c2ccccc2Br)CC1. The van der Waals surface area contributed by atoms with Crippen LogP contribution in [0.2, 0.25) is 0 Å². The maximum atomic E-state index is 13.2. The van der Waals surface area contributed by atoms with Gasteiger partial charge in [-0.2, -0.15) is 0 Å². The van der Waals surface area contributed by atoms with Crippen LogP contribution >= 0.6 is 15.9 Å². The van der Waals surface area contributed by atoms with Gasteiger partial charge in [0.05, 0.1) is 22.9 Å². The molecule has 1 heterocycles. The van der Waals surface area contributed by atoms with Crippen molar-refractivity contribution in [2.75, 3.05) is 31.5 Å². The van der Waals surface area contributed by atoms with E-state index in [0.717, 1.165) is 12.8 Å². The van der Waals surface area contributed by atoms with E-state index in [-0.39, 0.29) is 23.8 Å². The Morgan fingerprint density at radius 3 is 2.22 bits per heavy atom. The number of amides is 3. The molecule has 3 amide bonds. The molecule has 1 saturated carbocycles. The van der Waals surface area contributed by atoms with Crippen molar-refractivity contribution in [1.29, 1.82) is 0 Å². The molecule has 2 N–H and O–H groups in total. The highest BCUT2D eigenvalue weighted by atomic mass is 79.9. The minimum absolute atomic E-state index is 0.0624. The van der Waals surface area contributed by atoms with Crippen LogP contribution in [0, 0.1) is 0 Å². The third-order valence-electron chi connectivity index (χ3n) is 5.98. The van der Waals surface area contributed by atoms with Crippen molar-refractivity contribution in [3.05, 3.63) is 64.1 Å². The van der Waals surface area contributed by atoms with Gasteiger partial charge in [0, 0.05) is 36.7 Å². The lowest BCUT2D eigenvalue weighted by Crippen LogP contribution is -2.55. The second kappa shape index (κ2) is 9.83. The Kier molecular flexibility index (Phi) is 6.91. The monoisotopic (exact) mass is 498 g/mol. The first-order valence-corrected chi connectivity index (χ1v) is 11.7. The molecule has 2 aromatic rings. The molecule has 1 unspecified atom stereocenters. The molecule has 168 valence electrons. The number of halogens is 1. The number of piperazine rings is 1. The van der Waals surface area contributed by atoms with Gasteiger partial charge in [-0.15, -0.1) is 0 Å². The zero-order chi connectivity index (χ0) is 22.7. The van der Waals surface area contributed by atoms with Gasteiger partial charge in [-0.05, 0) is 60.0 Å². The van der Waals surface area contributed by atoms with Gasteiger partial charge in [0.2, 0.25) is 5.91 Å². The van der Waals surface area contributed by atoms with Crippen LogP contribution in [0.5, 0.6) is 0 Å². The molecule has 0 aromatic heterocycles. The summed E-state index contributed by atoms with van der Waals surface area (Å²) in [6.45, 7) is 4.26. The molecule has 7 nitrogen and oxygen atoms in total. The van der Waals surface area contributed by atoms with Crippen molar-refractivity contribution in [2.45, 2.75) is 31.8 Å². The normalized spacial score (nSPS) is 17.5. The summed E-state index contributed by atoms with van der Waals surface area (Å²) in [4.78, 5) is 42.2. The highest BCUT2D eigenvalue weighted by Gasteiger charge is 2.31. The van der Waals surface area contributed by atoms with Gasteiger partial charge < -0.3 is 15.5 Å². The van der Waals surface area contributed by atoms with Crippen LogP contribution in [0.25, 0.3) is 0 Å². The maximum Gasteiger partial charge on any atom is 0.256 e. The fourth-order valence-corrected chi connectivity index (χ4v) is 4.28. The number of hydrogen-bond acceptors (Lipinski definition) is 4. The smallest absolute Gasteiger partial charge is 0.256 e. The first kappa shape index (κ1) is 22.5. The Labute approximate surface area is 196 Å². The number of anilines is 1. The number of nitrogens with one attached hydrogen (secondary N) is 2. The second-order valence-corrected chi connectivity index (χ2v) is 9.12. The van der Waals surface area contributed by atoms with E-state index >= 15 is 0 Å². The molecule has 1 aliphatic carbocycles. The van der Waals surface area contributed by atoms with Crippen molar-refractivity contribution in [3.8, 4) is 0 Å². The average molecular weight is 499 g/mol. The lowest BCUT2D eigenvalue weighted by Gasteiger charge is -2.37. The number of para-hydroxylation sites is 1. The zero-order valence-corrected chi connectivity index (χ0v) is 19.6. The largest absolute Gasteiger partial charge is 0.352 e. The van der Waals surface area contributed by atoms with Crippen LogP contribution in [0.4, 0.5) is 5.69 Å². The molecular formula is C24H27BrN4O3. The summed E-state index contributed by atoms with van der Waals surface area (Å²) >= 11 is 3.39. The Bertz CT molecular complexity index is 1020. The van der Waals surface area contributed by atoms with Gasteiger partial charge in [-0.1, -0.05) is 24.3 Å². The topological polar surface area (TPSA) is 81.8 Å². The fraction of sp³-hybridized carbons (Fsp3) is 0.375. The number of nitrogens with zero attached hydrogens (tertiary/aromatic N) is 2. The Morgan fingerprint density at radius 2 is 1.56 bits per heavy atom. The summed E-state index contributed by atoms with van der Waals surface area (Å²) in [5.41, 5.74) is 1.44. The van der Waals surface area contributed by atoms with E-state index in [1.165, 1.54) is 0 Å². The minimum atomic E-state index is -0.280. The van der Waals surface area contributed by atoms with Crippen LogP contribution in [0.3, 0.4) is 0 Å². The van der Waals surface area contributed by atoms with Crippen molar-refractivity contribution in [1.82, 2.24) is 15.1 Å². The Balaban J connectivity index is 1.39. The van der Waals surface area contributed by atoms with E-state index < -0.39 is 0 Å². The molecule has 32 heavy (non-hydrogen) atoms. The number of rotatable bonds is 6. The third kappa shape index (κ3) is 5.19. The van der Waals surface area contributed by atoms with E-state index in [1.54, 1.807) is 47.4 Å². The predicted octanol–water partition coefficient (Wildman–Crippen LogP) is 3.13. The zero-order valence-electron chi connectivity index (χ0n) is 18.0. The lowest BCUT2D eigenvalue weighted by atomic mass is 10.1. The summed E-state index contributed by atoms with van der Waals surface area (Å²) in [6, 6.07) is 14.4. The molecule has 2 aromatic carbocycles. The maximum absolute atomic E-state index is 13.2. The van der Waals surface area contributed by atoms with Crippen LogP contribution < -0.4 is 10.6 Å². The second-order valence-electron chi connectivity index (χ2n) is 8.27. The van der Waals surface area contributed by atoms with E-state index in [0.29, 0.717) is 53.5 Å². The van der Waals surface area contributed by atoms with Crippen LogP contribution in [-0.4, -0.2) is 65.8 Å². The summed E-state index contributed by atoms with van der Waals surface area (Å²) in [6.07, 6.45) is 2.13. The quantitative estimate of drug-likeness (QED) is 0.640. The molecule has 1 saturated heterocycles. The van der Waals surface area contributed by atoms with Gasteiger partial charge in [0.1, 0.15) is 0 Å². The first-order valence-electron chi connectivity index (χ1n) is 10.9. The lowest BCUT2D eigenvalue weighted by molar-refractivity contribution is -0.126. The van der Waals surface area contributed by atoms with Crippen LogP contribution in [0.1, 0.15) is 40.5 Å². The molecule has 2 fully saturated rings. The minimum Gasteiger partial charge on any atom is -0.352 e. The van der Waals surface area contributed by atoms with Gasteiger partial charge in [0.25, 0.3) is 11.8 Å². The number of carbonyl (C=O) groups is 3. The Hall–Kier alpha value is -2.71. The molecule has 0 radical (unpaired) electrons. The van der Waals surface area contributed by atoms with Crippen molar-refractivity contribution < 1.29 is 14.4 Å². The van der Waals surface area contributed by atoms with Crippen LogP contribution in [-0.2, 0) is 4.79 Å². The number of carbonyl (C=O) groups excluding carboxylic acids is 3. The average Bonchev–Trinajstić information content (AvgIpc) is 3.63. The molecule has 2 aliphatic rings. The van der Waals surface area contributed by atoms with E-state index in [4.69, 9.17) is 0 Å². The fourth-order valence-electron chi connectivity index (χ4n) is 3.81. The van der Waals surface area contributed by atoms with Crippen molar-refractivity contribution >= 4 is 39.3 Å². The predicted molar refractivity (Wildman–Crippen MR) is 127 cm³/mol. The van der Waals surface area contributed by atoms with Gasteiger partial charge in [0.15, 0.2) is 0 Å². The van der Waals surface area contributed by atoms with Crippen LogP contribution in [0.15, 0.2) is 53.0 Å². The van der Waals surface area contributed by atoms with E-state index in [2.05, 4.69) is 31.5 Å². The van der Waals surface area contributed by atoms with E-state index in [1.807, 2.05) is 13.0 Å². The molecule has 0 bridgehead atoms. The molecule has 8 heteroatoms. The van der Waals surface area contributed by atoms with Gasteiger partial charge in [-0.3, -0.25) is 19.3 Å². The standard InChI is InChI=1S/C24H27BrN4O3/c1-16(22(30)26-17-10-11-17)28-12-14-29(15-13-28)24(32)19-7-3-5-9-21(19)27-23(31)18-6-2-4-8-20(18)25/h2-9,16-17H,10-15H2,1H3,(H,26,30)(H,27,31). The first-order chi connectivity index (χ1) is 15.4. The van der Waals surface area contributed by atoms with Gasteiger partial charge >= 0.3 is 0 Å². The molecular weight excluding hydrogens is 472 g/mol. The van der Waals surface area contributed by atoms with Gasteiger partial charge in [-0.25, -0.2) is 0 Å². The molecule has 4 rings (SSSR count). The Morgan fingerprint density at radius 1 is 0.938 bits per heavy atom. The number of benzene rings is 2. The summed E-state index contributed by atoms with van der Waals surface area (Å²) in [5, 5.41) is 5.92. The highest BCUT2D eigenvalue weighted by Crippen LogP contribution is 2.23. The molecule has 1 atom stereocenters. The third-order valence-corrected chi connectivity index (χ3v) is 6.67. The molecule has 1 aliphatic heterocycles. The summed E-state index contributed by atoms with van der Waals surface area (Å²) in [5.74, 6) is -0.340.